The van der Waals surface area contributed by atoms with Crippen molar-refractivity contribution in [2.24, 2.45) is 0 Å². The molecule has 5 nitrogen and oxygen atoms in total. The summed E-state index contributed by atoms with van der Waals surface area (Å²) in [6.07, 6.45) is 5.84. The second-order valence-electron chi connectivity index (χ2n) is 4.87. The van der Waals surface area contributed by atoms with E-state index in [1.54, 1.807) is 0 Å². The van der Waals surface area contributed by atoms with Crippen LogP contribution in [-0.2, 0) is 9.53 Å². The lowest BCUT2D eigenvalue weighted by atomic mass is 9.94. The molecule has 0 aromatic rings. The summed E-state index contributed by atoms with van der Waals surface area (Å²) in [5.74, 6) is -0.941. The molecule has 17 heavy (non-hydrogen) atoms. The zero-order chi connectivity index (χ0) is 12.7. The summed E-state index contributed by atoms with van der Waals surface area (Å²) in [6.45, 7) is 0.443. The van der Waals surface area contributed by atoms with Crippen molar-refractivity contribution in [2.45, 2.75) is 50.2 Å². The molecule has 0 heterocycles. The van der Waals surface area contributed by atoms with Crippen molar-refractivity contribution in [3.05, 3.63) is 0 Å². The summed E-state index contributed by atoms with van der Waals surface area (Å²) in [6, 6.07) is -0.743. The number of ether oxygens (including phenoxy) is 1. The van der Waals surface area contributed by atoms with Gasteiger partial charge < -0.3 is 14.9 Å². The number of aliphatic carboxylic acids is 1. The first-order valence-electron chi connectivity index (χ1n) is 6.25. The number of methoxy groups -OCH3 is 1. The maximum Gasteiger partial charge on any atom is 0.323 e. The molecule has 0 saturated heterocycles. The number of hydrogen-bond donors (Lipinski definition) is 3. The standard InChI is InChI=1S/C12H23NO4/c1-17-8-10(11(14)15)13-9-12(16)6-4-2-3-5-7-12/h10,13,16H,2-9H2,1H3,(H,14,15). The van der Waals surface area contributed by atoms with E-state index in [2.05, 4.69) is 5.32 Å². The number of hydrogen-bond acceptors (Lipinski definition) is 4. The van der Waals surface area contributed by atoms with Crippen molar-refractivity contribution in [2.75, 3.05) is 20.3 Å². The first-order valence-corrected chi connectivity index (χ1v) is 6.25. The Morgan fingerprint density at radius 3 is 2.41 bits per heavy atom. The third-order valence-electron chi connectivity index (χ3n) is 3.34. The summed E-state index contributed by atoms with van der Waals surface area (Å²) in [5, 5.41) is 22.2. The fourth-order valence-electron chi connectivity index (χ4n) is 2.26. The Kier molecular flexibility index (Phi) is 5.88. The molecule has 5 heteroatoms. The van der Waals surface area contributed by atoms with E-state index in [1.165, 1.54) is 7.11 Å². The van der Waals surface area contributed by atoms with Crippen LogP contribution in [0.15, 0.2) is 0 Å². The van der Waals surface area contributed by atoms with E-state index in [9.17, 15) is 9.90 Å². The van der Waals surface area contributed by atoms with Gasteiger partial charge in [0.05, 0.1) is 12.2 Å². The normalized spacial score (nSPS) is 21.8. The lowest BCUT2D eigenvalue weighted by Gasteiger charge is -2.28. The highest BCUT2D eigenvalue weighted by Crippen LogP contribution is 2.26. The summed E-state index contributed by atoms with van der Waals surface area (Å²) < 4.78 is 4.84. The van der Waals surface area contributed by atoms with Gasteiger partial charge in [-0.2, -0.15) is 0 Å². The van der Waals surface area contributed by atoms with E-state index in [0.29, 0.717) is 6.54 Å². The molecule has 0 bridgehead atoms. The molecule has 1 fully saturated rings. The van der Waals surface area contributed by atoms with Gasteiger partial charge in [-0.25, -0.2) is 0 Å². The number of carboxylic acid groups (broad SMARTS) is 1. The zero-order valence-electron chi connectivity index (χ0n) is 10.4. The average Bonchev–Trinajstić information content (AvgIpc) is 2.49. The molecule has 100 valence electrons. The zero-order valence-corrected chi connectivity index (χ0v) is 10.4. The molecule has 0 aromatic heterocycles. The predicted octanol–water partition coefficient (Wildman–Crippen LogP) is 0.761. The molecule has 1 rings (SSSR count). The Hall–Kier alpha value is -0.650. The van der Waals surface area contributed by atoms with Crippen LogP contribution in [0.2, 0.25) is 0 Å². The van der Waals surface area contributed by atoms with Crippen LogP contribution in [0.25, 0.3) is 0 Å². The Labute approximate surface area is 102 Å². The van der Waals surface area contributed by atoms with Gasteiger partial charge in [0.2, 0.25) is 0 Å². The van der Waals surface area contributed by atoms with Crippen LogP contribution < -0.4 is 5.32 Å². The lowest BCUT2D eigenvalue weighted by molar-refractivity contribution is -0.141. The second kappa shape index (κ2) is 6.93. The maximum absolute atomic E-state index is 10.9. The van der Waals surface area contributed by atoms with E-state index in [-0.39, 0.29) is 6.61 Å². The molecular formula is C12H23NO4. The van der Waals surface area contributed by atoms with Gasteiger partial charge in [0.1, 0.15) is 6.04 Å². The van der Waals surface area contributed by atoms with Gasteiger partial charge in [0.15, 0.2) is 0 Å². The minimum absolute atomic E-state index is 0.116. The monoisotopic (exact) mass is 245 g/mol. The maximum atomic E-state index is 10.9. The molecule has 0 aromatic carbocycles. The number of nitrogens with one attached hydrogen (secondary N) is 1. The van der Waals surface area contributed by atoms with Crippen LogP contribution in [0.1, 0.15) is 38.5 Å². The minimum atomic E-state index is -0.941. The topological polar surface area (TPSA) is 78.8 Å². The summed E-state index contributed by atoms with van der Waals surface area (Å²) in [5.41, 5.74) is -0.752. The van der Waals surface area contributed by atoms with Gasteiger partial charge in [-0.15, -0.1) is 0 Å². The Bertz CT molecular complexity index is 237. The van der Waals surface area contributed by atoms with Crippen LogP contribution in [0.5, 0.6) is 0 Å². The van der Waals surface area contributed by atoms with Gasteiger partial charge in [-0.3, -0.25) is 10.1 Å². The SMILES string of the molecule is COCC(NCC1(O)CCCCCC1)C(=O)O. The molecule has 3 N–H and O–H groups in total. The highest BCUT2D eigenvalue weighted by atomic mass is 16.5. The van der Waals surface area contributed by atoms with Crippen molar-refractivity contribution in [3.8, 4) is 0 Å². The second-order valence-corrected chi connectivity index (χ2v) is 4.87. The first kappa shape index (κ1) is 14.4. The quantitative estimate of drug-likeness (QED) is 0.602. The number of carbonyl (C=O) groups is 1. The van der Waals surface area contributed by atoms with E-state index < -0.39 is 17.6 Å². The Morgan fingerprint density at radius 1 is 1.35 bits per heavy atom. The molecule has 1 aliphatic carbocycles. The van der Waals surface area contributed by atoms with Crippen LogP contribution in [0.3, 0.4) is 0 Å². The first-order chi connectivity index (χ1) is 8.07. The van der Waals surface area contributed by atoms with E-state index >= 15 is 0 Å². The molecule has 0 radical (unpaired) electrons. The molecular weight excluding hydrogens is 222 g/mol. The molecule has 1 saturated carbocycles. The molecule has 0 amide bonds. The van der Waals surface area contributed by atoms with Gasteiger partial charge in [-0.1, -0.05) is 25.7 Å². The van der Waals surface area contributed by atoms with Gasteiger partial charge in [0, 0.05) is 13.7 Å². The van der Waals surface area contributed by atoms with Crippen LogP contribution in [0, 0.1) is 0 Å². The fourth-order valence-corrected chi connectivity index (χ4v) is 2.26. The summed E-state index contributed by atoms with van der Waals surface area (Å²) in [7, 11) is 1.47. The smallest absolute Gasteiger partial charge is 0.323 e. The highest BCUT2D eigenvalue weighted by Gasteiger charge is 2.29. The van der Waals surface area contributed by atoms with E-state index in [1.807, 2.05) is 0 Å². The third-order valence-corrected chi connectivity index (χ3v) is 3.34. The molecule has 1 unspecified atom stereocenters. The highest BCUT2D eigenvalue weighted by molar-refractivity contribution is 5.73. The predicted molar refractivity (Wildman–Crippen MR) is 64.0 cm³/mol. The fraction of sp³-hybridized carbons (Fsp3) is 0.917. The van der Waals surface area contributed by atoms with Gasteiger partial charge in [-0.05, 0) is 12.8 Å². The van der Waals surface area contributed by atoms with E-state index in [4.69, 9.17) is 9.84 Å². The molecule has 1 atom stereocenters. The number of carboxylic acids is 1. The number of aliphatic hydroxyl groups is 1. The van der Waals surface area contributed by atoms with Crippen molar-refractivity contribution in [1.29, 1.82) is 0 Å². The molecule has 0 spiro atoms. The van der Waals surface area contributed by atoms with Crippen LogP contribution in [-0.4, -0.2) is 48.1 Å². The Morgan fingerprint density at radius 2 is 1.94 bits per heavy atom. The van der Waals surface area contributed by atoms with Gasteiger partial charge in [0.25, 0.3) is 0 Å². The van der Waals surface area contributed by atoms with Crippen LogP contribution >= 0.6 is 0 Å². The minimum Gasteiger partial charge on any atom is -0.480 e. The lowest BCUT2D eigenvalue weighted by Crippen LogP contribution is -2.48. The average molecular weight is 245 g/mol. The number of rotatable bonds is 6. The van der Waals surface area contributed by atoms with Crippen LogP contribution in [0.4, 0.5) is 0 Å². The summed E-state index contributed by atoms with van der Waals surface area (Å²) >= 11 is 0. The van der Waals surface area contributed by atoms with Gasteiger partial charge >= 0.3 is 5.97 Å². The molecule has 0 aliphatic heterocycles. The van der Waals surface area contributed by atoms with Crippen molar-refractivity contribution in [3.63, 3.8) is 0 Å². The van der Waals surface area contributed by atoms with E-state index in [0.717, 1.165) is 38.5 Å². The molecule has 1 aliphatic rings. The summed E-state index contributed by atoms with van der Waals surface area (Å²) in [4.78, 5) is 10.9. The van der Waals surface area contributed by atoms with Crippen molar-refractivity contribution >= 4 is 5.97 Å². The van der Waals surface area contributed by atoms with Crippen molar-refractivity contribution < 1.29 is 19.7 Å². The van der Waals surface area contributed by atoms with Crippen molar-refractivity contribution in [1.82, 2.24) is 5.32 Å². The Balaban J connectivity index is 2.42. The largest absolute Gasteiger partial charge is 0.480 e. The third kappa shape index (κ3) is 5.02.